The van der Waals surface area contributed by atoms with E-state index >= 15 is 0 Å². The molecule has 0 saturated carbocycles. The smallest absolute Gasteiger partial charge is 0.405 e. The third kappa shape index (κ3) is 3.90. The summed E-state index contributed by atoms with van der Waals surface area (Å²) in [5.41, 5.74) is 0.341. The van der Waals surface area contributed by atoms with Gasteiger partial charge in [0.15, 0.2) is 0 Å². The van der Waals surface area contributed by atoms with Crippen LogP contribution in [0.3, 0.4) is 0 Å². The van der Waals surface area contributed by atoms with E-state index in [0.29, 0.717) is 10.2 Å². The molecule has 0 spiro atoms. The Morgan fingerprint density at radius 3 is 2.44 bits per heavy atom. The molecule has 0 unspecified atom stereocenters. The second-order valence-corrected chi connectivity index (χ2v) is 4.46. The summed E-state index contributed by atoms with van der Waals surface area (Å²) < 4.78 is 37.4. The molecule has 0 saturated heterocycles. The number of hydrogen-bond acceptors (Lipinski definition) is 2. The summed E-state index contributed by atoms with van der Waals surface area (Å²) in [4.78, 5) is 11.8. The molecule has 0 atom stereocenters. The van der Waals surface area contributed by atoms with Gasteiger partial charge in [-0.1, -0.05) is 0 Å². The first-order valence-corrected chi connectivity index (χ1v) is 5.88. The van der Waals surface area contributed by atoms with E-state index in [2.05, 4.69) is 15.9 Å². The summed E-state index contributed by atoms with van der Waals surface area (Å²) in [5, 5.41) is 8.77. The minimum Gasteiger partial charge on any atom is -0.478 e. The number of benzene rings is 1. The van der Waals surface area contributed by atoms with Crippen molar-refractivity contribution in [3.05, 3.63) is 28.2 Å². The summed E-state index contributed by atoms with van der Waals surface area (Å²) in [6, 6.07) is 3.93. The predicted octanol–water partition coefficient (Wildman–Crippen LogP) is 3.54. The van der Waals surface area contributed by atoms with Crippen molar-refractivity contribution in [2.24, 2.45) is 0 Å². The van der Waals surface area contributed by atoms with Crippen molar-refractivity contribution in [1.29, 1.82) is 0 Å². The Morgan fingerprint density at radius 2 is 2.06 bits per heavy atom. The van der Waals surface area contributed by atoms with Gasteiger partial charge in [0.25, 0.3) is 0 Å². The largest absolute Gasteiger partial charge is 0.478 e. The van der Waals surface area contributed by atoms with Gasteiger partial charge in [-0.3, -0.25) is 0 Å². The Balaban J connectivity index is 3.04. The first kappa shape index (κ1) is 14.8. The van der Waals surface area contributed by atoms with E-state index in [1.807, 2.05) is 0 Å². The molecule has 0 fully saturated rings. The third-order valence-corrected chi connectivity index (χ3v) is 2.92. The molecule has 3 nitrogen and oxygen atoms in total. The fraction of sp³-hybridized carbons (Fsp3) is 0.364. The van der Waals surface area contributed by atoms with E-state index in [0.717, 1.165) is 4.90 Å². The topological polar surface area (TPSA) is 40.5 Å². The predicted molar refractivity (Wildman–Crippen MR) is 65.0 cm³/mol. The van der Waals surface area contributed by atoms with Crippen LogP contribution in [0.5, 0.6) is 0 Å². The van der Waals surface area contributed by atoms with Gasteiger partial charge in [-0.25, -0.2) is 4.79 Å². The molecular weight excluding hydrogens is 315 g/mol. The first-order valence-electron chi connectivity index (χ1n) is 5.09. The lowest BCUT2D eigenvalue weighted by molar-refractivity contribution is -0.119. The SMILES string of the molecule is CCN(CC(F)(F)F)c1ccc(C(=O)O)cc1Br. The maximum Gasteiger partial charge on any atom is 0.405 e. The molecular formula is C11H11BrF3NO2. The van der Waals surface area contributed by atoms with Crippen LogP contribution in [0.1, 0.15) is 17.3 Å². The number of anilines is 1. The Morgan fingerprint density at radius 1 is 1.44 bits per heavy atom. The molecule has 7 heteroatoms. The van der Waals surface area contributed by atoms with Gasteiger partial charge in [-0.2, -0.15) is 13.2 Å². The Hall–Kier alpha value is -1.24. The van der Waals surface area contributed by atoms with Gasteiger partial charge in [0, 0.05) is 11.0 Å². The highest BCUT2D eigenvalue weighted by molar-refractivity contribution is 9.10. The molecule has 0 heterocycles. The van der Waals surface area contributed by atoms with Crippen LogP contribution in [0, 0.1) is 0 Å². The number of alkyl halides is 3. The van der Waals surface area contributed by atoms with Crippen molar-refractivity contribution in [2.75, 3.05) is 18.0 Å². The van der Waals surface area contributed by atoms with Crippen LogP contribution < -0.4 is 4.90 Å². The third-order valence-electron chi connectivity index (χ3n) is 2.29. The molecule has 18 heavy (non-hydrogen) atoms. The van der Waals surface area contributed by atoms with E-state index in [-0.39, 0.29) is 12.1 Å². The van der Waals surface area contributed by atoms with E-state index in [9.17, 15) is 18.0 Å². The van der Waals surface area contributed by atoms with Crippen LogP contribution in [-0.2, 0) is 0 Å². The number of halogens is 4. The summed E-state index contributed by atoms with van der Waals surface area (Å²) in [7, 11) is 0. The van der Waals surface area contributed by atoms with E-state index < -0.39 is 18.7 Å². The zero-order valence-electron chi connectivity index (χ0n) is 9.46. The number of carboxylic acid groups (broad SMARTS) is 1. The molecule has 1 rings (SSSR count). The van der Waals surface area contributed by atoms with Crippen molar-refractivity contribution in [2.45, 2.75) is 13.1 Å². The van der Waals surface area contributed by atoms with Crippen molar-refractivity contribution < 1.29 is 23.1 Å². The first-order chi connectivity index (χ1) is 8.24. The summed E-state index contributed by atoms with van der Waals surface area (Å²) in [5.74, 6) is -1.12. The Kier molecular flexibility index (Phi) is 4.61. The van der Waals surface area contributed by atoms with Crippen LogP contribution in [-0.4, -0.2) is 30.3 Å². The lowest BCUT2D eigenvalue weighted by atomic mass is 10.2. The van der Waals surface area contributed by atoms with Crippen LogP contribution in [0.25, 0.3) is 0 Å². The second kappa shape index (κ2) is 5.60. The second-order valence-electron chi connectivity index (χ2n) is 3.60. The van der Waals surface area contributed by atoms with E-state index in [1.165, 1.54) is 18.2 Å². The van der Waals surface area contributed by atoms with Crippen molar-refractivity contribution in [3.63, 3.8) is 0 Å². The van der Waals surface area contributed by atoms with Gasteiger partial charge in [-0.15, -0.1) is 0 Å². The summed E-state index contributed by atoms with van der Waals surface area (Å²) >= 11 is 3.09. The molecule has 100 valence electrons. The lowest BCUT2D eigenvalue weighted by Gasteiger charge is -2.25. The van der Waals surface area contributed by atoms with Crippen molar-refractivity contribution >= 4 is 27.6 Å². The molecule has 0 aromatic heterocycles. The monoisotopic (exact) mass is 325 g/mol. The van der Waals surface area contributed by atoms with Crippen molar-refractivity contribution in [1.82, 2.24) is 0 Å². The minimum atomic E-state index is -4.30. The molecule has 1 N–H and O–H groups in total. The van der Waals surface area contributed by atoms with Crippen LogP contribution in [0.2, 0.25) is 0 Å². The van der Waals surface area contributed by atoms with Crippen LogP contribution >= 0.6 is 15.9 Å². The van der Waals surface area contributed by atoms with Gasteiger partial charge in [-0.05, 0) is 41.1 Å². The molecule has 0 radical (unpaired) electrons. The van der Waals surface area contributed by atoms with Crippen LogP contribution in [0.4, 0.5) is 18.9 Å². The quantitative estimate of drug-likeness (QED) is 0.920. The van der Waals surface area contributed by atoms with E-state index in [1.54, 1.807) is 6.92 Å². The molecule has 1 aromatic rings. The maximum absolute atomic E-state index is 12.4. The molecule has 1 aromatic carbocycles. The van der Waals surface area contributed by atoms with Crippen LogP contribution in [0.15, 0.2) is 22.7 Å². The maximum atomic E-state index is 12.4. The number of rotatable bonds is 4. The average Bonchev–Trinajstić information content (AvgIpc) is 2.24. The van der Waals surface area contributed by atoms with Gasteiger partial charge in [0.1, 0.15) is 6.54 Å². The minimum absolute atomic E-state index is 0.0219. The molecule has 0 aliphatic carbocycles. The Bertz CT molecular complexity index is 448. The average molecular weight is 326 g/mol. The van der Waals surface area contributed by atoms with Crippen molar-refractivity contribution in [3.8, 4) is 0 Å². The summed E-state index contributed by atoms with van der Waals surface area (Å²) in [6.45, 7) is 0.697. The molecule has 0 aliphatic rings. The van der Waals surface area contributed by atoms with Gasteiger partial charge in [0.05, 0.1) is 11.3 Å². The lowest BCUT2D eigenvalue weighted by Crippen LogP contribution is -2.34. The fourth-order valence-electron chi connectivity index (χ4n) is 1.48. The van der Waals surface area contributed by atoms with Gasteiger partial charge >= 0.3 is 12.1 Å². The highest BCUT2D eigenvalue weighted by atomic mass is 79.9. The molecule has 0 aliphatic heterocycles. The normalized spacial score (nSPS) is 11.4. The molecule has 0 amide bonds. The number of nitrogens with zero attached hydrogens (tertiary/aromatic N) is 1. The fourth-order valence-corrected chi connectivity index (χ4v) is 2.11. The van der Waals surface area contributed by atoms with Gasteiger partial charge in [0.2, 0.25) is 0 Å². The zero-order chi connectivity index (χ0) is 13.9. The van der Waals surface area contributed by atoms with E-state index in [4.69, 9.17) is 5.11 Å². The Labute approximate surface area is 110 Å². The number of carbonyl (C=O) groups is 1. The highest BCUT2D eigenvalue weighted by Gasteiger charge is 2.31. The number of hydrogen-bond donors (Lipinski definition) is 1. The van der Waals surface area contributed by atoms with Gasteiger partial charge < -0.3 is 10.0 Å². The highest BCUT2D eigenvalue weighted by Crippen LogP contribution is 2.29. The molecule has 0 bridgehead atoms. The number of aromatic carboxylic acids is 1. The number of carboxylic acids is 1. The summed E-state index contributed by atoms with van der Waals surface area (Å²) in [6.07, 6.45) is -4.30. The standard InChI is InChI=1S/C11H11BrF3NO2/c1-2-16(6-11(13,14)15)9-4-3-7(10(17)18)5-8(9)12/h3-5H,2,6H2,1H3,(H,17,18). The zero-order valence-corrected chi connectivity index (χ0v) is 11.0.